The second-order valence-electron chi connectivity index (χ2n) is 6.37. The minimum absolute atomic E-state index is 0.0319. The van der Waals surface area contributed by atoms with Crippen LogP contribution in [-0.4, -0.2) is 43.3 Å². The van der Waals surface area contributed by atoms with Crippen LogP contribution in [0.4, 0.5) is 11.5 Å². The van der Waals surface area contributed by atoms with Crippen LogP contribution in [0.1, 0.15) is 48.4 Å². The van der Waals surface area contributed by atoms with Crippen molar-refractivity contribution in [2.24, 2.45) is 5.10 Å². The average molecular weight is 397 g/mol. The number of benzene rings is 1. The molecule has 2 aromatic heterocycles. The number of carbonyl (C=O) groups is 2. The maximum Gasteiger partial charge on any atom is 0.293 e. The van der Waals surface area contributed by atoms with Gasteiger partial charge in [0.25, 0.3) is 5.91 Å². The van der Waals surface area contributed by atoms with E-state index in [1.807, 2.05) is 13.8 Å². The Morgan fingerprint density at radius 2 is 1.97 bits per heavy atom. The maximum atomic E-state index is 12.5. The first-order valence-corrected chi connectivity index (χ1v) is 8.62. The van der Waals surface area contributed by atoms with Crippen molar-refractivity contribution in [3.63, 3.8) is 0 Å². The summed E-state index contributed by atoms with van der Waals surface area (Å²) >= 11 is 0. The average Bonchev–Trinajstić information content (AvgIpc) is 3.28. The molecule has 29 heavy (non-hydrogen) atoms. The molecule has 3 aromatic rings. The number of amides is 2. The molecule has 0 saturated carbocycles. The molecule has 0 aliphatic rings. The van der Waals surface area contributed by atoms with Crippen LogP contribution in [0.25, 0.3) is 5.82 Å². The second kappa shape index (κ2) is 8.29. The van der Waals surface area contributed by atoms with Crippen molar-refractivity contribution in [1.82, 2.24) is 30.7 Å². The number of nitrogens with zero attached hydrogens (tertiary/aromatic N) is 6. The standard InChI is InChI=1S/C17H19N9O3/c1-9(2)14-13(21-25-26(14)16-15(18)23-29-24-16)17(28)22-19-8-11-4-6-12(7-5-11)20-10(3)27/h4-9H,1-3H3,(H2,18,23)(H,20,27)(H,22,28)/b19-8-. The third kappa shape index (κ3) is 4.43. The van der Waals surface area contributed by atoms with Crippen molar-refractivity contribution in [3.8, 4) is 5.82 Å². The molecule has 0 atom stereocenters. The van der Waals surface area contributed by atoms with Gasteiger partial charge in [-0.15, -0.1) is 5.10 Å². The Morgan fingerprint density at radius 3 is 2.55 bits per heavy atom. The molecule has 0 aliphatic heterocycles. The quantitative estimate of drug-likeness (QED) is 0.410. The van der Waals surface area contributed by atoms with Crippen molar-refractivity contribution >= 4 is 29.5 Å². The normalized spacial score (nSPS) is 11.2. The first-order chi connectivity index (χ1) is 13.9. The first kappa shape index (κ1) is 19.7. The summed E-state index contributed by atoms with van der Waals surface area (Å²) in [5, 5.41) is 21.7. The van der Waals surface area contributed by atoms with Gasteiger partial charge in [0, 0.05) is 12.6 Å². The number of hydrazone groups is 1. The van der Waals surface area contributed by atoms with Gasteiger partial charge in [-0.2, -0.15) is 9.78 Å². The van der Waals surface area contributed by atoms with E-state index in [0.717, 1.165) is 5.56 Å². The predicted octanol–water partition coefficient (Wildman–Crippen LogP) is 1.08. The number of hydrogen-bond acceptors (Lipinski definition) is 9. The van der Waals surface area contributed by atoms with Gasteiger partial charge in [0.05, 0.1) is 11.9 Å². The molecule has 2 amide bonds. The van der Waals surface area contributed by atoms with E-state index in [1.165, 1.54) is 17.8 Å². The number of anilines is 2. The molecule has 0 aliphatic carbocycles. The molecule has 12 heteroatoms. The van der Waals surface area contributed by atoms with Crippen molar-refractivity contribution < 1.29 is 14.2 Å². The molecule has 0 fully saturated rings. The summed E-state index contributed by atoms with van der Waals surface area (Å²) in [5.41, 5.74) is 10.1. The summed E-state index contributed by atoms with van der Waals surface area (Å²) in [6, 6.07) is 6.95. The largest absolute Gasteiger partial charge is 0.378 e. The van der Waals surface area contributed by atoms with E-state index in [2.05, 4.69) is 41.1 Å². The smallest absolute Gasteiger partial charge is 0.293 e. The highest BCUT2D eigenvalue weighted by Gasteiger charge is 2.25. The molecule has 0 spiro atoms. The highest BCUT2D eigenvalue weighted by atomic mass is 16.6. The molecule has 0 bridgehead atoms. The number of carbonyl (C=O) groups excluding carboxylic acids is 2. The Hall–Kier alpha value is -4.09. The van der Waals surface area contributed by atoms with Crippen LogP contribution in [0.15, 0.2) is 34.0 Å². The van der Waals surface area contributed by atoms with Gasteiger partial charge in [-0.05, 0) is 33.9 Å². The zero-order chi connectivity index (χ0) is 21.0. The van der Waals surface area contributed by atoms with Gasteiger partial charge in [-0.1, -0.05) is 31.2 Å². The lowest BCUT2D eigenvalue weighted by Gasteiger charge is -2.08. The van der Waals surface area contributed by atoms with E-state index in [-0.39, 0.29) is 29.2 Å². The summed E-state index contributed by atoms with van der Waals surface area (Å²) in [6.45, 7) is 5.17. The van der Waals surface area contributed by atoms with Gasteiger partial charge >= 0.3 is 0 Å². The molecule has 0 saturated heterocycles. The minimum Gasteiger partial charge on any atom is -0.378 e. The molecule has 0 radical (unpaired) electrons. The van der Waals surface area contributed by atoms with Crippen LogP contribution in [0.2, 0.25) is 0 Å². The van der Waals surface area contributed by atoms with Crippen LogP contribution >= 0.6 is 0 Å². The maximum absolute atomic E-state index is 12.5. The van der Waals surface area contributed by atoms with Crippen LogP contribution in [0.3, 0.4) is 0 Å². The zero-order valence-electron chi connectivity index (χ0n) is 15.9. The van der Waals surface area contributed by atoms with Crippen molar-refractivity contribution in [2.75, 3.05) is 11.1 Å². The molecule has 0 unspecified atom stereocenters. The monoisotopic (exact) mass is 397 g/mol. The minimum atomic E-state index is -0.541. The Balaban J connectivity index is 1.74. The van der Waals surface area contributed by atoms with Crippen LogP contribution in [0.5, 0.6) is 0 Å². The third-order valence-electron chi connectivity index (χ3n) is 3.77. The van der Waals surface area contributed by atoms with E-state index in [4.69, 9.17) is 5.73 Å². The Kier molecular flexibility index (Phi) is 5.62. The first-order valence-electron chi connectivity index (χ1n) is 8.62. The lowest BCUT2D eigenvalue weighted by atomic mass is 10.1. The summed E-state index contributed by atoms with van der Waals surface area (Å²) < 4.78 is 5.90. The van der Waals surface area contributed by atoms with Gasteiger partial charge < -0.3 is 11.1 Å². The van der Waals surface area contributed by atoms with E-state index >= 15 is 0 Å². The number of hydrogen-bond donors (Lipinski definition) is 3. The number of aromatic nitrogens is 5. The molecule has 3 rings (SSSR count). The molecule has 4 N–H and O–H groups in total. The van der Waals surface area contributed by atoms with E-state index < -0.39 is 5.91 Å². The van der Waals surface area contributed by atoms with Crippen LogP contribution in [-0.2, 0) is 4.79 Å². The van der Waals surface area contributed by atoms with Gasteiger partial charge in [-0.3, -0.25) is 9.59 Å². The van der Waals surface area contributed by atoms with Crippen molar-refractivity contribution in [2.45, 2.75) is 26.7 Å². The topological polar surface area (TPSA) is 166 Å². The molecular weight excluding hydrogens is 378 g/mol. The summed E-state index contributed by atoms with van der Waals surface area (Å²) in [6.07, 6.45) is 1.47. The third-order valence-corrected chi connectivity index (χ3v) is 3.77. The molecule has 1 aromatic carbocycles. The Morgan fingerprint density at radius 1 is 1.24 bits per heavy atom. The number of rotatable bonds is 6. The summed E-state index contributed by atoms with van der Waals surface area (Å²) in [5.74, 6) is -0.628. The van der Waals surface area contributed by atoms with Gasteiger partial charge in [0.15, 0.2) is 5.69 Å². The number of nitrogens with one attached hydrogen (secondary N) is 2. The summed E-state index contributed by atoms with van der Waals surface area (Å²) in [4.78, 5) is 23.6. The summed E-state index contributed by atoms with van der Waals surface area (Å²) in [7, 11) is 0. The lowest BCUT2D eigenvalue weighted by molar-refractivity contribution is -0.114. The molecule has 12 nitrogen and oxygen atoms in total. The van der Waals surface area contributed by atoms with Crippen molar-refractivity contribution in [3.05, 3.63) is 41.2 Å². The van der Waals surface area contributed by atoms with E-state index in [0.29, 0.717) is 11.4 Å². The zero-order valence-corrected chi connectivity index (χ0v) is 15.9. The van der Waals surface area contributed by atoms with Crippen molar-refractivity contribution in [1.29, 1.82) is 0 Å². The molecular formula is C17H19N9O3. The lowest BCUT2D eigenvalue weighted by Crippen LogP contribution is -2.21. The highest BCUT2D eigenvalue weighted by Crippen LogP contribution is 2.22. The fourth-order valence-electron chi connectivity index (χ4n) is 2.54. The second-order valence-corrected chi connectivity index (χ2v) is 6.37. The van der Waals surface area contributed by atoms with E-state index in [9.17, 15) is 9.59 Å². The Labute approximate surface area is 165 Å². The SMILES string of the molecule is CC(=O)Nc1ccc(/C=N\NC(=O)c2nnn(-c3nonc3N)c2C(C)C)cc1. The Bertz CT molecular complexity index is 1050. The van der Waals surface area contributed by atoms with Crippen LogP contribution in [0, 0.1) is 0 Å². The predicted molar refractivity (Wildman–Crippen MR) is 104 cm³/mol. The fourth-order valence-corrected chi connectivity index (χ4v) is 2.54. The van der Waals surface area contributed by atoms with Crippen LogP contribution < -0.4 is 16.5 Å². The fraction of sp³-hybridized carbons (Fsp3) is 0.235. The highest BCUT2D eigenvalue weighted by molar-refractivity contribution is 5.94. The van der Waals surface area contributed by atoms with Gasteiger partial charge in [-0.25, -0.2) is 10.1 Å². The van der Waals surface area contributed by atoms with E-state index in [1.54, 1.807) is 24.3 Å². The number of nitrogen functional groups attached to an aromatic ring is 1. The molecule has 2 heterocycles. The van der Waals surface area contributed by atoms with Gasteiger partial charge in [0.1, 0.15) is 0 Å². The van der Waals surface area contributed by atoms with Gasteiger partial charge in [0.2, 0.25) is 17.5 Å². The molecule has 150 valence electrons. The number of nitrogens with two attached hydrogens (primary N) is 1.